The molecule has 0 radical (unpaired) electrons. The molecular weight excluding hydrogens is 212 g/mol. The summed E-state index contributed by atoms with van der Waals surface area (Å²) in [6.07, 6.45) is 1.25. The molecule has 3 nitrogen and oxygen atoms in total. The number of nitrogens with one attached hydrogen (secondary N) is 2. The van der Waals surface area contributed by atoms with Crippen LogP contribution in [0.2, 0.25) is 5.02 Å². The Morgan fingerprint density at radius 2 is 2.13 bits per heavy atom. The van der Waals surface area contributed by atoms with Crippen LogP contribution in [0.15, 0.2) is 24.3 Å². The van der Waals surface area contributed by atoms with E-state index in [-0.39, 0.29) is 6.10 Å². The van der Waals surface area contributed by atoms with Gasteiger partial charge in [0, 0.05) is 11.6 Å². The van der Waals surface area contributed by atoms with E-state index in [0.717, 1.165) is 23.7 Å². The maximum absolute atomic E-state index is 5.80. The van der Waals surface area contributed by atoms with E-state index in [1.807, 2.05) is 24.3 Å². The third kappa shape index (κ3) is 2.84. The molecule has 0 amide bonds. The van der Waals surface area contributed by atoms with Crippen molar-refractivity contribution in [1.29, 1.82) is 0 Å². The Hall–Kier alpha value is -0.770. The van der Waals surface area contributed by atoms with Crippen LogP contribution in [0.25, 0.3) is 0 Å². The van der Waals surface area contributed by atoms with Gasteiger partial charge in [-0.3, -0.25) is 10.9 Å². The van der Waals surface area contributed by atoms with Gasteiger partial charge in [-0.25, -0.2) is 0 Å². The van der Waals surface area contributed by atoms with Crippen LogP contribution in [0.1, 0.15) is 13.3 Å². The molecule has 4 heteroatoms. The van der Waals surface area contributed by atoms with Crippen molar-refractivity contribution in [2.45, 2.75) is 25.5 Å². The molecule has 1 fully saturated rings. The average Bonchev–Trinajstić information content (AvgIpc) is 2.74. The molecule has 0 aliphatic carbocycles. The van der Waals surface area contributed by atoms with Crippen LogP contribution in [0.4, 0.5) is 0 Å². The van der Waals surface area contributed by atoms with E-state index in [4.69, 9.17) is 16.3 Å². The molecule has 1 heterocycles. The van der Waals surface area contributed by atoms with Crippen molar-refractivity contribution >= 4 is 11.6 Å². The second kappa shape index (κ2) is 4.84. The van der Waals surface area contributed by atoms with Crippen molar-refractivity contribution < 1.29 is 4.74 Å². The van der Waals surface area contributed by atoms with Gasteiger partial charge < -0.3 is 4.74 Å². The summed E-state index contributed by atoms with van der Waals surface area (Å²) in [5, 5.41) is 0.732. The SMILES string of the molecule is CC(Oc1ccc(Cl)cc1)C1CCNN1. The minimum atomic E-state index is 0.154. The summed E-state index contributed by atoms with van der Waals surface area (Å²) in [4.78, 5) is 0. The first-order valence-corrected chi connectivity index (χ1v) is 5.54. The fourth-order valence-corrected chi connectivity index (χ4v) is 1.79. The summed E-state index contributed by atoms with van der Waals surface area (Å²) in [6, 6.07) is 7.83. The fourth-order valence-electron chi connectivity index (χ4n) is 1.67. The van der Waals surface area contributed by atoms with Gasteiger partial charge in [-0.05, 0) is 37.6 Å². The Bertz CT molecular complexity index is 309. The number of hydrazine groups is 1. The zero-order valence-corrected chi connectivity index (χ0v) is 9.42. The number of hydrogen-bond acceptors (Lipinski definition) is 3. The Morgan fingerprint density at radius 1 is 1.40 bits per heavy atom. The van der Waals surface area contributed by atoms with Crippen LogP contribution < -0.4 is 15.6 Å². The highest BCUT2D eigenvalue weighted by Crippen LogP contribution is 2.18. The van der Waals surface area contributed by atoms with E-state index < -0.39 is 0 Å². The van der Waals surface area contributed by atoms with Crippen LogP contribution >= 0.6 is 11.6 Å². The van der Waals surface area contributed by atoms with Gasteiger partial charge in [-0.1, -0.05) is 11.6 Å². The van der Waals surface area contributed by atoms with E-state index in [9.17, 15) is 0 Å². The van der Waals surface area contributed by atoms with E-state index >= 15 is 0 Å². The first kappa shape index (κ1) is 10.7. The summed E-state index contributed by atoms with van der Waals surface area (Å²) in [6.45, 7) is 3.07. The number of rotatable bonds is 3. The molecular formula is C11H15ClN2O. The Balaban J connectivity index is 1.92. The van der Waals surface area contributed by atoms with Crippen LogP contribution in [-0.2, 0) is 0 Å². The molecule has 2 N–H and O–H groups in total. The zero-order valence-electron chi connectivity index (χ0n) is 8.66. The third-order valence-electron chi connectivity index (χ3n) is 2.57. The van der Waals surface area contributed by atoms with Gasteiger partial charge in [0.1, 0.15) is 11.9 Å². The molecule has 1 aromatic rings. The van der Waals surface area contributed by atoms with Crippen molar-refractivity contribution in [3.63, 3.8) is 0 Å². The molecule has 15 heavy (non-hydrogen) atoms. The van der Waals surface area contributed by atoms with E-state index in [0.29, 0.717) is 6.04 Å². The number of hydrogen-bond donors (Lipinski definition) is 2. The monoisotopic (exact) mass is 226 g/mol. The molecule has 0 spiro atoms. The number of halogens is 1. The van der Waals surface area contributed by atoms with Gasteiger partial charge in [0.15, 0.2) is 0 Å². The highest BCUT2D eigenvalue weighted by molar-refractivity contribution is 6.30. The first-order valence-electron chi connectivity index (χ1n) is 5.16. The van der Waals surface area contributed by atoms with Gasteiger partial charge in [0.05, 0.1) is 6.04 Å². The van der Waals surface area contributed by atoms with Crippen LogP contribution in [0, 0.1) is 0 Å². The summed E-state index contributed by atoms with van der Waals surface area (Å²) >= 11 is 5.80. The maximum Gasteiger partial charge on any atom is 0.119 e. The molecule has 0 aromatic heterocycles. The average molecular weight is 227 g/mol. The van der Waals surface area contributed by atoms with Crippen molar-refractivity contribution in [3.8, 4) is 5.75 Å². The highest BCUT2D eigenvalue weighted by Gasteiger charge is 2.21. The van der Waals surface area contributed by atoms with Crippen LogP contribution in [0.5, 0.6) is 5.75 Å². The Kier molecular flexibility index (Phi) is 3.46. The second-order valence-electron chi connectivity index (χ2n) is 3.74. The van der Waals surface area contributed by atoms with Crippen molar-refractivity contribution in [2.24, 2.45) is 0 Å². The van der Waals surface area contributed by atoms with E-state index in [2.05, 4.69) is 17.8 Å². The van der Waals surface area contributed by atoms with Gasteiger partial charge in [-0.2, -0.15) is 0 Å². The smallest absolute Gasteiger partial charge is 0.119 e. The van der Waals surface area contributed by atoms with E-state index in [1.54, 1.807) is 0 Å². The molecule has 1 aliphatic heterocycles. The molecule has 1 aliphatic rings. The minimum Gasteiger partial charge on any atom is -0.489 e. The zero-order chi connectivity index (χ0) is 10.7. The lowest BCUT2D eigenvalue weighted by Crippen LogP contribution is -2.40. The first-order chi connectivity index (χ1) is 7.25. The lowest BCUT2D eigenvalue weighted by atomic mass is 10.1. The molecule has 1 saturated heterocycles. The second-order valence-corrected chi connectivity index (χ2v) is 4.18. The standard InChI is InChI=1S/C11H15ClN2O/c1-8(11-6-7-13-14-11)15-10-4-2-9(12)3-5-10/h2-5,8,11,13-14H,6-7H2,1H3. The Morgan fingerprint density at radius 3 is 2.73 bits per heavy atom. The van der Waals surface area contributed by atoms with Crippen molar-refractivity contribution in [2.75, 3.05) is 6.54 Å². The lowest BCUT2D eigenvalue weighted by molar-refractivity contribution is 0.177. The minimum absolute atomic E-state index is 0.154. The predicted octanol–water partition coefficient (Wildman–Crippen LogP) is 1.97. The van der Waals surface area contributed by atoms with Crippen molar-refractivity contribution in [3.05, 3.63) is 29.3 Å². The van der Waals surface area contributed by atoms with Crippen molar-refractivity contribution in [1.82, 2.24) is 10.9 Å². The molecule has 82 valence electrons. The largest absolute Gasteiger partial charge is 0.489 e. The predicted molar refractivity (Wildman–Crippen MR) is 61.1 cm³/mol. The highest BCUT2D eigenvalue weighted by atomic mass is 35.5. The summed E-state index contributed by atoms with van der Waals surface area (Å²) < 4.78 is 5.79. The van der Waals surface area contributed by atoms with Crippen LogP contribution in [0.3, 0.4) is 0 Å². The molecule has 1 aromatic carbocycles. The van der Waals surface area contributed by atoms with Gasteiger partial charge in [0.2, 0.25) is 0 Å². The quantitative estimate of drug-likeness (QED) is 0.827. The number of ether oxygens (including phenoxy) is 1. The molecule has 2 atom stereocenters. The fraction of sp³-hybridized carbons (Fsp3) is 0.455. The normalized spacial score (nSPS) is 22.7. The maximum atomic E-state index is 5.80. The topological polar surface area (TPSA) is 33.3 Å². The molecule has 2 rings (SSSR count). The lowest BCUT2D eigenvalue weighted by Gasteiger charge is -2.20. The van der Waals surface area contributed by atoms with E-state index in [1.165, 1.54) is 0 Å². The van der Waals surface area contributed by atoms with Gasteiger partial charge in [0.25, 0.3) is 0 Å². The molecule has 0 saturated carbocycles. The third-order valence-corrected chi connectivity index (χ3v) is 2.82. The molecule has 2 unspecified atom stereocenters. The molecule has 0 bridgehead atoms. The Labute approximate surface area is 94.7 Å². The summed E-state index contributed by atoms with van der Waals surface area (Å²) in [7, 11) is 0. The van der Waals surface area contributed by atoms with Gasteiger partial charge >= 0.3 is 0 Å². The summed E-state index contributed by atoms with van der Waals surface area (Å²) in [5.41, 5.74) is 6.28. The van der Waals surface area contributed by atoms with Crippen LogP contribution in [-0.4, -0.2) is 18.7 Å². The number of benzene rings is 1. The van der Waals surface area contributed by atoms with Gasteiger partial charge in [-0.15, -0.1) is 0 Å². The summed E-state index contributed by atoms with van der Waals surface area (Å²) in [5.74, 6) is 0.862.